The van der Waals surface area contributed by atoms with E-state index in [2.05, 4.69) is 79.7 Å². The van der Waals surface area contributed by atoms with Crippen molar-refractivity contribution in [3.05, 3.63) is 69.8 Å². The number of likely N-dealkylation sites (N-methyl/N-ethyl adjacent to an activating group) is 1. The Morgan fingerprint density at radius 2 is 1.38 bits per heavy atom. The third-order valence-electron chi connectivity index (χ3n) is 9.55. The van der Waals surface area contributed by atoms with E-state index in [9.17, 15) is 19.8 Å². The lowest BCUT2D eigenvalue weighted by Crippen LogP contribution is -2.48. The van der Waals surface area contributed by atoms with Crippen molar-refractivity contribution in [2.24, 2.45) is 11.3 Å². The number of carbonyl (C=O) groups is 2. The van der Waals surface area contributed by atoms with Gasteiger partial charge in [-0.15, -0.1) is 0 Å². The maximum Gasteiger partial charge on any atom is 0.326 e. The lowest BCUT2D eigenvalue weighted by atomic mass is 9.66. The van der Waals surface area contributed by atoms with E-state index in [0.717, 1.165) is 30.4 Å². The number of hydrogen-bond acceptors (Lipinski definition) is 3. The third kappa shape index (κ3) is 6.24. The molecule has 39 heavy (non-hydrogen) atoms. The molecule has 0 bridgehead atoms. The summed E-state index contributed by atoms with van der Waals surface area (Å²) in [7, 11) is 1.53. The Balaban J connectivity index is 2.47. The maximum absolute atomic E-state index is 13.1. The minimum absolute atomic E-state index is 0.115. The van der Waals surface area contributed by atoms with Gasteiger partial charge < -0.3 is 15.1 Å². The fourth-order valence-electron chi connectivity index (χ4n) is 6.31. The molecule has 1 amide bonds. The predicted molar refractivity (Wildman–Crippen MR) is 160 cm³/mol. The van der Waals surface area contributed by atoms with E-state index in [1.807, 2.05) is 19.1 Å². The van der Waals surface area contributed by atoms with Crippen LogP contribution in [0, 0.1) is 25.2 Å². The van der Waals surface area contributed by atoms with Gasteiger partial charge in [0.1, 0.15) is 6.04 Å². The molecule has 2 aromatic carbocycles. The van der Waals surface area contributed by atoms with Crippen LogP contribution in [0.3, 0.4) is 0 Å². The maximum atomic E-state index is 13.1. The Hall–Kier alpha value is -2.66. The van der Waals surface area contributed by atoms with Crippen LogP contribution in [0.1, 0.15) is 113 Å². The van der Waals surface area contributed by atoms with E-state index < -0.39 is 17.6 Å². The summed E-state index contributed by atoms with van der Waals surface area (Å²) in [5, 5.41) is 20.8. The smallest absolute Gasteiger partial charge is 0.326 e. The number of nitrogens with zero attached hydrogens (tertiary/aromatic N) is 1. The van der Waals surface area contributed by atoms with Crippen LogP contribution in [0.2, 0.25) is 0 Å². The van der Waals surface area contributed by atoms with Crippen LogP contribution >= 0.6 is 0 Å². The highest BCUT2D eigenvalue weighted by molar-refractivity contribution is 5.97. The van der Waals surface area contributed by atoms with Crippen molar-refractivity contribution in [2.45, 2.75) is 112 Å². The van der Waals surface area contributed by atoms with Gasteiger partial charge in [0.05, 0.1) is 5.60 Å². The van der Waals surface area contributed by atoms with Crippen LogP contribution in [0.4, 0.5) is 0 Å². The Labute approximate surface area is 236 Å². The Bertz CT molecular complexity index is 1170. The summed E-state index contributed by atoms with van der Waals surface area (Å²) < 4.78 is 0. The molecule has 0 aliphatic rings. The van der Waals surface area contributed by atoms with Crippen LogP contribution in [-0.4, -0.2) is 45.7 Å². The zero-order chi connectivity index (χ0) is 29.9. The van der Waals surface area contributed by atoms with Crippen LogP contribution in [0.25, 0.3) is 0 Å². The number of amides is 1. The van der Waals surface area contributed by atoms with Crippen LogP contribution in [0.5, 0.6) is 0 Å². The van der Waals surface area contributed by atoms with Crippen molar-refractivity contribution in [1.29, 1.82) is 0 Å². The standard InChI is InChI=1S/C34H51NO4/c1-12-33(13-2,28-17-18-29(23(5)20-28)30(36)35(11)25(7)31(37)38)27-16-15-26(22(4)19-27)21-24(6)34(39,14-3)32(8,9)10/h15-20,24-25,39H,12-14,21H2,1-11H3,(H,37,38). The van der Waals surface area contributed by atoms with Crippen LogP contribution < -0.4 is 0 Å². The molecule has 0 saturated carbocycles. The molecule has 0 fully saturated rings. The molecule has 0 radical (unpaired) electrons. The second-order valence-electron chi connectivity index (χ2n) is 12.5. The van der Waals surface area contributed by atoms with E-state index in [4.69, 9.17) is 0 Å². The molecule has 3 atom stereocenters. The monoisotopic (exact) mass is 537 g/mol. The zero-order valence-electron chi connectivity index (χ0n) is 26.1. The van der Waals surface area contributed by atoms with Crippen molar-refractivity contribution in [1.82, 2.24) is 4.90 Å². The fraction of sp³-hybridized carbons (Fsp3) is 0.588. The van der Waals surface area contributed by atoms with Gasteiger partial charge in [0.2, 0.25) is 0 Å². The van der Waals surface area contributed by atoms with Crippen molar-refractivity contribution in [3.8, 4) is 0 Å². The van der Waals surface area contributed by atoms with Gasteiger partial charge in [-0.05, 0) is 91.7 Å². The van der Waals surface area contributed by atoms with Gasteiger partial charge in [-0.1, -0.05) is 78.8 Å². The predicted octanol–water partition coefficient (Wildman–Crippen LogP) is 7.32. The molecule has 3 unspecified atom stereocenters. The molecule has 2 aromatic rings. The van der Waals surface area contributed by atoms with E-state index >= 15 is 0 Å². The molecular weight excluding hydrogens is 486 g/mol. The first kappa shape index (κ1) is 32.6. The topological polar surface area (TPSA) is 77.8 Å². The van der Waals surface area contributed by atoms with Gasteiger partial charge in [-0.2, -0.15) is 0 Å². The third-order valence-corrected chi connectivity index (χ3v) is 9.55. The first-order chi connectivity index (χ1) is 18.0. The number of carbonyl (C=O) groups excluding carboxylic acids is 1. The number of aliphatic carboxylic acids is 1. The first-order valence-corrected chi connectivity index (χ1v) is 14.4. The van der Waals surface area contributed by atoms with Crippen LogP contribution in [0.15, 0.2) is 36.4 Å². The Morgan fingerprint density at radius 1 is 0.872 bits per heavy atom. The molecule has 2 rings (SSSR count). The zero-order valence-corrected chi connectivity index (χ0v) is 26.1. The van der Waals surface area contributed by atoms with Gasteiger partial charge >= 0.3 is 5.97 Å². The first-order valence-electron chi connectivity index (χ1n) is 14.4. The number of carboxylic acids is 1. The highest BCUT2D eigenvalue weighted by Crippen LogP contribution is 2.43. The normalized spacial score (nSPS) is 15.4. The van der Waals surface area contributed by atoms with Crippen molar-refractivity contribution in [2.75, 3.05) is 7.05 Å². The quantitative estimate of drug-likeness (QED) is 0.315. The summed E-state index contributed by atoms with van der Waals surface area (Å²) in [5.74, 6) is -1.20. The summed E-state index contributed by atoms with van der Waals surface area (Å²) in [6.07, 6.45) is 3.34. The molecule has 216 valence electrons. The second-order valence-corrected chi connectivity index (χ2v) is 12.5. The van der Waals surface area contributed by atoms with E-state index in [1.165, 1.54) is 35.6 Å². The fourth-order valence-corrected chi connectivity index (χ4v) is 6.31. The lowest BCUT2D eigenvalue weighted by molar-refractivity contribution is -0.141. The molecule has 5 nitrogen and oxygen atoms in total. The van der Waals surface area contributed by atoms with Crippen molar-refractivity contribution < 1.29 is 19.8 Å². The molecule has 0 aromatic heterocycles. The van der Waals surface area contributed by atoms with Gasteiger partial charge in [0, 0.05) is 18.0 Å². The van der Waals surface area contributed by atoms with E-state index in [-0.39, 0.29) is 22.7 Å². The van der Waals surface area contributed by atoms with Gasteiger partial charge in [-0.3, -0.25) is 4.79 Å². The highest BCUT2D eigenvalue weighted by atomic mass is 16.4. The Kier molecular flexibility index (Phi) is 10.2. The largest absolute Gasteiger partial charge is 0.480 e. The summed E-state index contributed by atoms with van der Waals surface area (Å²) in [4.78, 5) is 25.7. The molecule has 0 heterocycles. The van der Waals surface area contributed by atoms with E-state index in [0.29, 0.717) is 12.0 Å². The van der Waals surface area contributed by atoms with Gasteiger partial charge in [0.15, 0.2) is 0 Å². The molecule has 0 aliphatic heterocycles. The van der Waals surface area contributed by atoms with Crippen molar-refractivity contribution in [3.63, 3.8) is 0 Å². The number of aliphatic hydroxyl groups is 1. The summed E-state index contributed by atoms with van der Waals surface area (Å²) in [5.41, 5.74) is 5.10. The molecule has 0 aliphatic carbocycles. The Morgan fingerprint density at radius 3 is 1.79 bits per heavy atom. The van der Waals surface area contributed by atoms with Gasteiger partial charge in [0.25, 0.3) is 5.91 Å². The number of hydrogen-bond donors (Lipinski definition) is 2. The number of rotatable bonds is 11. The number of aryl methyl sites for hydroxylation is 2. The summed E-state index contributed by atoms with van der Waals surface area (Å²) >= 11 is 0. The lowest BCUT2D eigenvalue weighted by Gasteiger charge is -2.44. The summed E-state index contributed by atoms with van der Waals surface area (Å²) in [6.45, 7) is 20.6. The SMILES string of the molecule is CCC(CC)(c1ccc(CC(C)C(O)(CC)C(C)(C)C)c(C)c1)c1ccc(C(=O)N(C)C(C)C(=O)O)c(C)c1. The van der Waals surface area contributed by atoms with Gasteiger partial charge in [-0.25, -0.2) is 4.79 Å². The second kappa shape index (κ2) is 12.2. The molecule has 2 N–H and O–H groups in total. The average molecular weight is 538 g/mol. The number of carboxylic acid groups (broad SMARTS) is 1. The average Bonchev–Trinajstić information content (AvgIpc) is 2.88. The minimum Gasteiger partial charge on any atom is -0.480 e. The molecule has 0 saturated heterocycles. The number of benzene rings is 2. The molecule has 0 spiro atoms. The molecule has 5 heteroatoms. The summed E-state index contributed by atoms with van der Waals surface area (Å²) in [6, 6.07) is 11.8. The van der Waals surface area contributed by atoms with Crippen LogP contribution in [-0.2, 0) is 16.6 Å². The minimum atomic E-state index is -1.03. The van der Waals surface area contributed by atoms with Crippen molar-refractivity contribution >= 4 is 11.9 Å². The highest BCUT2D eigenvalue weighted by Gasteiger charge is 2.43. The van der Waals surface area contributed by atoms with E-state index in [1.54, 1.807) is 0 Å². The molecular formula is C34H51NO4.